The largest absolute Gasteiger partial charge is 0.424 e. The molecule has 0 N–H and O–H groups in total. The molecule has 0 aliphatic heterocycles. The number of hydrogen-bond donors (Lipinski definition) is 0. The number of carbonyl (C=O) groups is 1. The van der Waals surface area contributed by atoms with Crippen LogP contribution in [-0.2, 0) is 9.74 Å². The predicted octanol–water partition coefficient (Wildman–Crippen LogP) is 3.86. The maximum atomic E-state index is 12.7. The summed E-state index contributed by atoms with van der Waals surface area (Å²) in [5.74, 6) is -41.7. The van der Waals surface area contributed by atoms with Crippen LogP contribution >= 0.6 is 0 Å². The van der Waals surface area contributed by atoms with E-state index < -0.39 is 42.0 Å². The first-order valence-electron chi connectivity index (χ1n) is 4.43. The second kappa shape index (κ2) is 5.33. The predicted molar refractivity (Wildman–Crippen MR) is 37.9 cm³/mol. The van der Waals surface area contributed by atoms with Crippen molar-refractivity contribution in [2.75, 3.05) is 0 Å². The molecule has 0 saturated heterocycles. The molecule has 0 radical (unpaired) electrons. The summed E-state index contributed by atoms with van der Waals surface area (Å²) in [5, 5.41) is 0. The molecule has 0 aliphatic rings. The minimum Gasteiger partial charge on any atom is -0.248 e. The van der Waals surface area contributed by atoms with Crippen molar-refractivity contribution in [3.63, 3.8) is 0 Å². The molecular formula is C7HF13O2. The number of alkyl halides is 12. The van der Waals surface area contributed by atoms with Gasteiger partial charge < -0.3 is 0 Å². The van der Waals surface area contributed by atoms with Gasteiger partial charge in [-0.25, -0.2) is 18.5 Å². The number of halogens is 13. The summed E-state index contributed by atoms with van der Waals surface area (Å²) in [4.78, 5) is 11.4. The molecule has 0 fully saturated rings. The van der Waals surface area contributed by atoms with Gasteiger partial charge in [-0.3, -0.25) is 0 Å². The average molecular weight is 364 g/mol. The molecule has 0 aliphatic carbocycles. The highest BCUT2D eigenvalue weighted by Crippen LogP contribution is 2.58. The van der Waals surface area contributed by atoms with Gasteiger partial charge in [0.25, 0.3) is 0 Å². The lowest BCUT2D eigenvalue weighted by Crippen LogP contribution is -2.70. The third-order valence-corrected chi connectivity index (χ3v) is 2.20. The molecule has 15 heteroatoms. The van der Waals surface area contributed by atoms with Gasteiger partial charge in [0.2, 0.25) is 0 Å². The molecule has 0 unspecified atom stereocenters. The van der Waals surface area contributed by atoms with Crippen LogP contribution in [0.2, 0.25) is 0 Å². The van der Waals surface area contributed by atoms with E-state index in [1.54, 1.807) is 0 Å². The number of hydrogen-bond acceptors (Lipinski definition) is 2. The maximum absolute atomic E-state index is 12.7. The summed E-state index contributed by atoms with van der Waals surface area (Å²) in [6.45, 7) is 0. The van der Waals surface area contributed by atoms with Crippen LogP contribution in [0.4, 0.5) is 57.2 Å². The normalized spacial score (nSPS) is 15.2. The summed E-state index contributed by atoms with van der Waals surface area (Å²) in [6, 6.07) is 0. The fourth-order valence-corrected chi connectivity index (χ4v) is 0.917. The fraction of sp³-hybridized carbons (Fsp3) is 0.857. The van der Waals surface area contributed by atoms with Gasteiger partial charge in [0.05, 0.1) is 0 Å². The smallest absolute Gasteiger partial charge is 0.248 e. The molecule has 0 saturated carbocycles. The van der Waals surface area contributed by atoms with E-state index in [0.29, 0.717) is 0 Å². The van der Waals surface area contributed by atoms with Crippen molar-refractivity contribution in [2.45, 2.75) is 36.0 Å². The molecule has 0 aromatic heterocycles. The Morgan fingerprint density at radius 2 is 1.09 bits per heavy atom. The first-order chi connectivity index (χ1) is 9.42. The number of rotatable bonds is 6. The van der Waals surface area contributed by atoms with Crippen molar-refractivity contribution in [1.82, 2.24) is 0 Å². The van der Waals surface area contributed by atoms with Crippen molar-refractivity contribution < 1.29 is 66.9 Å². The molecule has 0 aromatic carbocycles. The van der Waals surface area contributed by atoms with Crippen LogP contribution in [0, 0.1) is 0 Å². The maximum Gasteiger partial charge on any atom is 0.424 e. The zero-order chi connectivity index (χ0) is 18.4. The van der Waals surface area contributed by atoms with Crippen molar-refractivity contribution >= 4 is 5.97 Å². The Balaban J connectivity index is 6.17. The lowest BCUT2D eigenvalue weighted by molar-refractivity contribution is -0.410. The molecule has 0 heterocycles. The van der Waals surface area contributed by atoms with E-state index in [-0.39, 0.29) is 0 Å². The Labute approximate surface area is 110 Å². The molecule has 0 spiro atoms. The summed E-state index contributed by atoms with van der Waals surface area (Å²) >= 11 is 0. The molecule has 0 aromatic rings. The van der Waals surface area contributed by atoms with Gasteiger partial charge in [0.15, 0.2) is 0 Å². The molecule has 22 heavy (non-hydrogen) atoms. The lowest BCUT2D eigenvalue weighted by Gasteiger charge is -2.37. The Morgan fingerprint density at radius 3 is 1.36 bits per heavy atom. The Hall–Kier alpha value is -1.44. The van der Waals surface area contributed by atoms with E-state index in [4.69, 9.17) is 0 Å². The van der Waals surface area contributed by atoms with Crippen LogP contribution in [0.1, 0.15) is 0 Å². The van der Waals surface area contributed by atoms with E-state index in [1.165, 1.54) is 4.94 Å². The van der Waals surface area contributed by atoms with Crippen LogP contribution in [0.15, 0.2) is 0 Å². The minimum atomic E-state index is -7.89. The first kappa shape index (κ1) is 20.6. The van der Waals surface area contributed by atoms with E-state index in [9.17, 15) is 62.0 Å². The van der Waals surface area contributed by atoms with E-state index in [2.05, 4.69) is 0 Å². The molecule has 132 valence electrons. The van der Waals surface area contributed by atoms with Gasteiger partial charge >= 0.3 is 42.0 Å². The van der Waals surface area contributed by atoms with Gasteiger partial charge in [0, 0.05) is 4.53 Å². The molecule has 2 nitrogen and oxygen atoms in total. The zero-order valence-corrected chi connectivity index (χ0v) is 9.31. The fourth-order valence-electron chi connectivity index (χ4n) is 0.917. The van der Waals surface area contributed by atoms with Gasteiger partial charge in [-0.1, -0.05) is 0 Å². The second-order valence-electron chi connectivity index (χ2n) is 3.59. The summed E-state index contributed by atoms with van der Waals surface area (Å²) in [7, 11) is 0. The third-order valence-electron chi connectivity index (χ3n) is 2.20. The van der Waals surface area contributed by atoms with Gasteiger partial charge in [-0.05, 0) is 0 Å². The van der Waals surface area contributed by atoms with E-state index >= 15 is 0 Å². The van der Waals surface area contributed by atoms with Gasteiger partial charge in [-0.2, -0.15) is 43.9 Å². The van der Waals surface area contributed by atoms with Crippen LogP contribution in [0.25, 0.3) is 0 Å². The summed E-state index contributed by atoms with van der Waals surface area (Å²) in [6.07, 6.45) is -5.66. The highest BCUT2D eigenvalue weighted by molar-refractivity contribution is 5.78. The summed E-state index contributed by atoms with van der Waals surface area (Å²) in [5.41, 5.74) is 0. The van der Waals surface area contributed by atoms with Crippen LogP contribution < -0.4 is 0 Å². The van der Waals surface area contributed by atoms with Crippen LogP contribution in [-0.4, -0.2) is 42.0 Å². The molecule has 0 atom stereocenters. The molecule has 0 bridgehead atoms. The average Bonchev–Trinajstić information content (AvgIpc) is 2.36. The highest BCUT2D eigenvalue weighted by atomic mass is 19.4. The van der Waals surface area contributed by atoms with Crippen molar-refractivity contribution in [2.24, 2.45) is 0 Å². The molecular weight excluding hydrogens is 363 g/mol. The van der Waals surface area contributed by atoms with Crippen LogP contribution in [0.3, 0.4) is 0 Å². The monoisotopic (exact) mass is 364 g/mol. The summed E-state index contributed by atoms with van der Waals surface area (Å²) < 4.78 is 160. The Kier molecular flexibility index (Phi) is 4.98. The topological polar surface area (TPSA) is 26.3 Å². The zero-order valence-electron chi connectivity index (χ0n) is 9.31. The quantitative estimate of drug-likeness (QED) is 0.670. The third kappa shape index (κ3) is 2.43. The minimum absolute atomic E-state index is 1.46. The van der Waals surface area contributed by atoms with E-state index in [1.807, 2.05) is 0 Å². The Bertz CT molecular complexity index is 428. The molecule has 0 amide bonds. The van der Waals surface area contributed by atoms with Crippen molar-refractivity contribution in [1.29, 1.82) is 0 Å². The SMILES string of the molecule is O=C(OF)C(F)(F)C(F)(F)C(F)(F)C(F)(F)C(F)(F)C(F)F. The molecule has 0 rings (SSSR count). The van der Waals surface area contributed by atoms with Crippen LogP contribution in [0.5, 0.6) is 0 Å². The highest BCUT2D eigenvalue weighted by Gasteiger charge is 2.89. The van der Waals surface area contributed by atoms with E-state index in [0.717, 1.165) is 0 Å². The van der Waals surface area contributed by atoms with Gasteiger partial charge in [0.1, 0.15) is 0 Å². The second-order valence-corrected chi connectivity index (χ2v) is 3.59. The van der Waals surface area contributed by atoms with Crippen molar-refractivity contribution in [3.05, 3.63) is 0 Å². The van der Waals surface area contributed by atoms with Crippen molar-refractivity contribution in [3.8, 4) is 0 Å². The lowest BCUT2D eigenvalue weighted by atomic mass is 9.94. The van der Waals surface area contributed by atoms with Gasteiger partial charge in [-0.15, -0.1) is 0 Å². The number of carbonyl (C=O) groups excluding carboxylic acids is 1. The Morgan fingerprint density at radius 1 is 0.727 bits per heavy atom. The standard InChI is InChI=1S/C7HF13O2/c8-1(9)3(10,11)5(14,15)7(18,19)6(16,17)4(12,13)2(21)22-20/h1H. The first-order valence-corrected chi connectivity index (χ1v) is 4.43.